The van der Waals surface area contributed by atoms with Crippen molar-refractivity contribution in [2.45, 2.75) is 116 Å². The van der Waals surface area contributed by atoms with E-state index < -0.39 is 94.4 Å². The van der Waals surface area contributed by atoms with Crippen LogP contribution in [0.1, 0.15) is 78.6 Å². The number of fused-ring (bicyclic) bond motifs is 4. The Morgan fingerprint density at radius 1 is 0.875 bits per heavy atom. The van der Waals surface area contributed by atoms with Crippen LogP contribution in [0.25, 0.3) is 0 Å². The van der Waals surface area contributed by atoms with Crippen molar-refractivity contribution in [1.29, 1.82) is 0 Å². The van der Waals surface area contributed by atoms with Gasteiger partial charge in [0.05, 0.1) is 34.5 Å². The van der Waals surface area contributed by atoms with Crippen LogP contribution in [0, 0.1) is 16.7 Å². The normalized spacial score (nSPS) is 37.0. The molecule has 2 saturated carbocycles. The van der Waals surface area contributed by atoms with Gasteiger partial charge in [0.25, 0.3) is 0 Å². The molecule has 13 nitrogen and oxygen atoms in total. The van der Waals surface area contributed by atoms with E-state index in [-0.39, 0.29) is 30.6 Å². The third kappa shape index (κ3) is 5.39. The summed E-state index contributed by atoms with van der Waals surface area (Å²) in [4.78, 5) is 64.9. The summed E-state index contributed by atoms with van der Waals surface area (Å²) < 4.78 is 36.2. The molecule has 2 N–H and O–H groups in total. The van der Waals surface area contributed by atoms with E-state index in [0.29, 0.717) is 5.57 Å². The van der Waals surface area contributed by atoms with Crippen LogP contribution in [0.5, 0.6) is 0 Å². The molecule has 0 aromatic heterocycles. The lowest BCUT2D eigenvalue weighted by molar-refractivity contribution is -0.352. The largest absolute Gasteiger partial charge is 0.462 e. The Morgan fingerprint density at radius 3 is 1.98 bits per heavy atom. The zero-order chi connectivity index (χ0) is 35.6. The molecule has 262 valence electrons. The molecule has 1 saturated heterocycles. The summed E-state index contributed by atoms with van der Waals surface area (Å²) in [7, 11) is 0. The first kappa shape index (κ1) is 35.5. The topological polar surface area (TPSA) is 181 Å². The monoisotopic (exact) mass is 672 g/mol. The fourth-order valence-electron chi connectivity index (χ4n) is 9.02. The maximum absolute atomic E-state index is 13.9. The van der Waals surface area contributed by atoms with Gasteiger partial charge in [0.2, 0.25) is 0 Å². The maximum Gasteiger partial charge on any atom is 0.338 e. The van der Waals surface area contributed by atoms with Gasteiger partial charge in [-0.2, -0.15) is 0 Å². The van der Waals surface area contributed by atoms with Crippen molar-refractivity contribution < 1.29 is 62.6 Å². The second-order valence-corrected chi connectivity index (χ2v) is 14.1. The Labute approximate surface area is 278 Å². The number of aliphatic hydroxyl groups excluding tert-OH is 1. The molecule has 0 bridgehead atoms. The standard InChI is InChI=1S/C35H44O13/c1-17-23(44-18(2)36)15-34(32(6,7)42)26(17)27(40)29(47-31(41)22-12-10-9-11-13-22)33(8)24(45-19(3)37)14-25-35(16-43-25,48-21(5)39)28(33)30(34)46-20(4)38/h9-13,23-25,27-30,40,42H,14-16H2,1-8H3/t23-,24-,25+,27+,28-,29-,30-,33+,34-,35-/m0/s1. The van der Waals surface area contributed by atoms with Gasteiger partial charge >= 0.3 is 29.8 Å². The molecule has 48 heavy (non-hydrogen) atoms. The molecule has 1 heterocycles. The van der Waals surface area contributed by atoms with Gasteiger partial charge in [-0.1, -0.05) is 25.1 Å². The van der Waals surface area contributed by atoms with Crippen molar-refractivity contribution in [2.24, 2.45) is 16.7 Å². The van der Waals surface area contributed by atoms with Crippen LogP contribution in [0.15, 0.2) is 41.5 Å². The fourth-order valence-corrected chi connectivity index (χ4v) is 9.02. The predicted molar refractivity (Wildman–Crippen MR) is 165 cm³/mol. The smallest absolute Gasteiger partial charge is 0.338 e. The van der Waals surface area contributed by atoms with Crippen LogP contribution in [-0.2, 0) is 47.6 Å². The van der Waals surface area contributed by atoms with Gasteiger partial charge in [0, 0.05) is 40.5 Å². The minimum atomic E-state index is -1.83. The van der Waals surface area contributed by atoms with Gasteiger partial charge in [0.15, 0.2) is 5.60 Å². The molecule has 13 heteroatoms. The zero-order valence-corrected chi connectivity index (χ0v) is 28.4. The predicted octanol–water partition coefficient (Wildman–Crippen LogP) is 2.59. The van der Waals surface area contributed by atoms with E-state index in [1.54, 1.807) is 32.0 Å². The highest BCUT2D eigenvalue weighted by molar-refractivity contribution is 5.89. The molecule has 1 aromatic rings. The first-order valence-corrected chi connectivity index (χ1v) is 16.0. The highest BCUT2D eigenvalue weighted by Crippen LogP contribution is 2.68. The van der Waals surface area contributed by atoms with E-state index in [4.69, 9.17) is 28.4 Å². The Hall–Kier alpha value is -3.81. The zero-order valence-electron chi connectivity index (χ0n) is 28.4. The number of rotatable bonds is 7. The molecule has 4 aliphatic rings. The second kappa shape index (κ2) is 12.3. The van der Waals surface area contributed by atoms with E-state index in [0.717, 1.165) is 0 Å². The molecular formula is C35H44O13. The third-order valence-electron chi connectivity index (χ3n) is 10.8. The van der Waals surface area contributed by atoms with E-state index in [1.165, 1.54) is 53.7 Å². The summed E-state index contributed by atoms with van der Waals surface area (Å²) in [6, 6.07) is 8.07. The third-order valence-corrected chi connectivity index (χ3v) is 10.8. The molecule has 0 radical (unpaired) electrons. The quantitative estimate of drug-likeness (QED) is 0.245. The van der Waals surface area contributed by atoms with Crippen molar-refractivity contribution >= 4 is 29.8 Å². The number of esters is 5. The number of benzene rings is 1. The Bertz CT molecular complexity index is 1530. The molecule has 3 aliphatic carbocycles. The number of hydrogen-bond acceptors (Lipinski definition) is 13. The number of aliphatic hydroxyl groups is 2. The summed E-state index contributed by atoms with van der Waals surface area (Å²) in [5.41, 5.74) is -6.13. The van der Waals surface area contributed by atoms with Crippen molar-refractivity contribution in [3.05, 3.63) is 47.0 Å². The Balaban J connectivity index is 1.90. The van der Waals surface area contributed by atoms with Crippen LogP contribution in [0.4, 0.5) is 0 Å². The second-order valence-electron chi connectivity index (χ2n) is 14.1. The summed E-state index contributed by atoms with van der Waals surface area (Å²) >= 11 is 0. The average Bonchev–Trinajstić information content (AvgIpc) is 3.23. The Kier molecular flexibility index (Phi) is 9.07. The van der Waals surface area contributed by atoms with Gasteiger partial charge in [0.1, 0.15) is 36.6 Å². The van der Waals surface area contributed by atoms with Crippen molar-refractivity contribution in [2.75, 3.05) is 6.61 Å². The van der Waals surface area contributed by atoms with Gasteiger partial charge in [-0.05, 0) is 44.1 Å². The van der Waals surface area contributed by atoms with Gasteiger partial charge in [-0.25, -0.2) is 4.79 Å². The van der Waals surface area contributed by atoms with E-state index >= 15 is 0 Å². The summed E-state index contributed by atoms with van der Waals surface area (Å²) in [5, 5.41) is 25.0. The molecule has 0 spiro atoms. The lowest BCUT2D eigenvalue weighted by atomic mass is 9.49. The van der Waals surface area contributed by atoms with Gasteiger partial charge < -0.3 is 38.6 Å². The van der Waals surface area contributed by atoms with E-state index in [2.05, 4.69) is 0 Å². The summed E-state index contributed by atoms with van der Waals surface area (Å²) in [5.74, 6) is -4.81. The molecule has 1 aromatic carbocycles. The summed E-state index contributed by atoms with van der Waals surface area (Å²) in [6.07, 6.45) is -7.92. The van der Waals surface area contributed by atoms with Crippen molar-refractivity contribution in [3.8, 4) is 0 Å². The first-order chi connectivity index (χ1) is 22.3. The minimum Gasteiger partial charge on any atom is -0.462 e. The minimum absolute atomic E-state index is 0.0254. The number of carbonyl (C=O) groups excluding carboxylic acids is 5. The van der Waals surface area contributed by atoms with E-state index in [1.807, 2.05) is 0 Å². The lowest BCUT2D eigenvalue weighted by Crippen LogP contribution is -2.79. The molecule has 3 fully saturated rings. The lowest BCUT2D eigenvalue weighted by Gasteiger charge is -2.65. The van der Waals surface area contributed by atoms with Crippen molar-refractivity contribution in [3.63, 3.8) is 0 Å². The van der Waals surface area contributed by atoms with Gasteiger partial charge in [-0.3, -0.25) is 19.2 Å². The van der Waals surface area contributed by atoms with Gasteiger partial charge in [-0.15, -0.1) is 0 Å². The van der Waals surface area contributed by atoms with Crippen LogP contribution in [0.2, 0.25) is 0 Å². The van der Waals surface area contributed by atoms with Crippen LogP contribution < -0.4 is 0 Å². The van der Waals surface area contributed by atoms with Crippen LogP contribution in [-0.4, -0.2) is 94.5 Å². The van der Waals surface area contributed by atoms with Crippen LogP contribution in [0.3, 0.4) is 0 Å². The summed E-state index contributed by atoms with van der Waals surface area (Å²) in [6.45, 7) is 10.9. The van der Waals surface area contributed by atoms with Crippen molar-refractivity contribution in [1.82, 2.24) is 0 Å². The molecule has 10 atom stereocenters. The highest BCUT2D eigenvalue weighted by atomic mass is 16.6. The molecule has 1 aliphatic heterocycles. The number of hydrogen-bond donors (Lipinski definition) is 2. The maximum atomic E-state index is 13.9. The highest BCUT2D eigenvalue weighted by Gasteiger charge is 2.80. The average molecular weight is 673 g/mol. The SMILES string of the molecule is CC(=O)O[C@H]1C[C@]2(C(C)(C)O)C(=C1C)[C@@H](O)[C@H](OC(=O)c1ccccc1)[C@]1(C)[C@@H](OC(C)=O)C[C@H]3OC[C@@]3(OC(C)=O)[C@H]1[C@@H]2OC(C)=O. The molecular weight excluding hydrogens is 628 g/mol. The van der Waals surface area contributed by atoms with Crippen LogP contribution >= 0.6 is 0 Å². The Morgan fingerprint density at radius 2 is 1.48 bits per heavy atom. The molecule has 5 rings (SSSR count). The molecule has 0 amide bonds. The number of ether oxygens (including phenoxy) is 6. The molecule has 0 unspecified atom stereocenters. The van der Waals surface area contributed by atoms with E-state index in [9.17, 15) is 34.2 Å². The first-order valence-electron chi connectivity index (χ1n) is 16.0. The fraction of sp³-hybridized carbons (Fsp3) is 0.629. The number of carbonyl (C=O) groups is 5.